The van der Waals surface area contributed by atoms with Crippen LogP contribution in [0.3, 0.4) is 0 Å². The van der Waals surface area contributed by atoms with Crippen LogP contribution in [0, 0.1) is 6.92 Å². The Bertz CT molecular complexity index is 1170. The Hall–Kier alpha value is -2.61. The highest BCUT2D eigenvalue weighted by Crippen LogP contribution is 2.30. The molecule has 7 nitrogen and oxygen atoms in total. The second-order valence-corrected chi connectivity index (χ2v) is 8.57. The van der Waals surface area contributed by atoms with Crippen LogP contribution in [0.1, 0.15) is 12.6 Å². The van der Waals surface area contributed by atoms with E-state index >= 15 is 0 Å². The molecule has 2 atom stereocenters. The van der Waals surface area contributed by atoms with Crippen LogP contribution in [0.25, 0.3) is 11.4 Å². The van der Waals surface area contributed by atoms with E-state index in [2.05, 4.69) is 15.2 Å². The molecule has 1 fully saturated rings. The molecule has 168 valence electrons. The molecule has 3 aromatic rings. The molecule has 1 saturated heterocycles. The van der Waals surface area contributed by atoms with Crippen LogP contribution in [-0.2, 0) is 11.8 Å². The molecule has 0 saturated carbocycles. The average molecular weight is 474 g/mol. The normalized spacial score (nSPS) is 18.2. The van der Waals surface area contributed by atoms with Gasteiger partial charge in [-0.05, 0) is 44.2 Å². The summed E-state index contributed by atoms with van der Waals surface area (Å²) in [6.45, 7) is 5.72. The topological polar surface area (TPSA) is 72.3 Å². The van der Waals surface area contributed by atoms with Gasteiger partial charge in [0.05, 0.1) is 22.9 Å². The van der Waals surface area contributed by atoms with E-state index < -0.39 is 0 Å². The summed E-state index contributed by atoms with van der Waals surface area (Å²) in [6.07, 6.45) is 1.69. The molecule has 3 heterocycles. The van der Waals surface area contributed by atoms with Gasteiger partial charge in [0, 0.05) is 43.5 Å². The Morgan fingerprint density at radius 3 is 2.72 bits per heavy atom. The van der Waals surface area contributed by atoms with Gasteiger partial charge in [-0.1, -0.05) is 29.3 Å². The maximum atomic E-state index is 13.3. The van der Waals surface area contributed by atoms with E-state index in [0.717, 1.165) is 5.82 Å². The largest absolute Gasteiger partial charge is 0.374 e. The highest BCUT2D eigenvalue weighted by Gasteiger charge is 2.35. The quantitative estimate of drug-likeness (QED) is 0.579. The third kappa shape index (κ3) is 4.46. The Kier molecular flexibility index (Phi) is 6.69. The molecular weight excluding hydrogens is 449 g/mol. The zero-order valence-corrected chi connectivity index (χ0v) is 19.7. The first-order valence-corrected chi connectivity index (χ1v) is 11.2. The fourth-order valence-corrected chi connectivity index (χ4v) is 4.49. The number of halogens is 2. The van der Waals surface area contributed by atoms with Crippen LogP contribution < -0.4 is 15.8 Å². The number of pyridine rings is 1. The van der Waals surface area contributed by atoms with Gasteiger partial charge in [-0.3, -0.25) is 9.36 Å². The van der Waals surface area contributed by atoms with Crippen LogP contribution in [0.5, 0.6) is 0 Å². The van der Waals surface area contributed by atoms with Gasteiger partial charge in [0.25, 0.3) is 5.56 Å². The van der Waals surface area contributed by atoms with Crippen molar-refractivity contribution in [3.63, 3.8) is 0 Å². The maximum absolute atomic E-state index is 13.3. The predicted octanol–water partition coefficient (Wildman–Crippen LogP) is 4.16. The third-order valence-electron chi connectivity index (χ3n) is 5.59. The Morgan fingerprint density at radius 2 is 2.03 bits per heavy atom. The number of aryl methyl sites for hydroxylation is 1. The summed E-state index contributed by atoms with van der Waals surface area (Å²) >= 11 is 12.4. The number of ether oxygens (including phenoxy) is 1. The van der Waals surface area contributed by atoms with E-state index in [-0.39, 0.29) is 17.7 Å². The molecule has 1 aromatic carbocycles. The monoisotopic (exact) mass is 473 g/mol. The van der Waals surface area contributed by atoms with Gasteiger partial charge < -0.3 is 15.0 Å². The van der Waals surface area contributed by atoms with E-state index in [1.165, 1.54) is 4.57 Å². The number of hydrogen-bond donors (Lipinski definition) is 1. The first-order chi connectivity index (χ1) is 15.4. The summed E-state index contributed by atoms with van der Waals surface area (Å²) < 4.78 is 7.48. The minimum atomic E-state index is -0.176. The first kappa shape index (κ1) is 22.6. The number of aromatic nitrogens is 3. The number of rotatable bonds is 6. The molecule has 32 heavy (non-hydrogen) atoms. The van der Waals surface area contributed by atoms with Gasteiger partial charge in [-0.15, -0.1) is 0 Å². The van der Waals surface area contributed by atoms with Crippen molar-refractivity contribution in [3.05, 3.63) is 68.7 Å². The van der Waals surface area contributed by atoms with E-state index in [4.69, 9.17) is 32.9 Å². The van der Waals surface area contributed by atoms with Crippen molar-refractivity contribution < 1.29 is 4.74 Å². The number of hydrogen-bond acceptors (Lipinski definition) is 6. The maximum Gasteiger partial charge on any atom is 0.277 e. The molecule has 0 amide bonds. The third-order valence-corrected chi connectivity index (χ3v) is 6.14. The van der Waals surface area contributed by atoms with Gasteiger partial charge in [-0.2, -0.15) is 0 Å². The van der Waals surface area contributed by atoms with Crippen LogP contribution in [-0.4, -0.2) is 46.4 Å². The van der Waals surface area contributed by atoms with Crippen LogP contribution in [0.15, 0.2) is 47.4 Å². The standard InChI is InChI=1S/C23H25Cl2N5O2/c1-4-32-19-13-30(20-7-5-6-10-26-20)12-18(19)28-21-14(2)27-22(29(3)23(21)31)16-9-8-15(24)11-17(16)25/h5-11,18-19,28H,4,12-13H2,1-3H3/t18?,19-/m0/s1. The summed E-state index contributed by atoms with van der Waals surface area (Å²) in [4.78, 5) is 24.6. The van der Waals surface area contributed by atoms with E-state index in [1.54, 1.807) is 31.4 Å². The molecule has 1 unspecified atom stereocenters. The Labute approximate surface area is 197 Å². The van der Waals surface area contributed by atoms with E-state index in [1.807, 2.05) is 32.0 Å². The molecule has 1 N–H and O–H groups in total. The number of anilines is 2. The molecule has 9 heteroatoms. The predicted molar refractivity (Wildman–Crippen MR) is 129 cm³/mol. The van der Waals surface area contributed by atoms with Crippen molar-refractivity contribution in [1.82, 2.24) is 14.5 Å². The van der Waals surface area contributed by atoms with Crippen molar-refractivity contribution in [2.45, 2.75) is 26.0 Å². The van der Waals surface area contributed by atoms with Crippen LogP contribution >= 0.6 is 23.2 Å². The lowest BCUT2D eigenvalue weighted by molar-refractivity contribution is 0.0720. The zero-order chi connectivity index (χ0) is 22.8. The average Bonchev–Trinajstić information content (AvgIpc) is 3.17. The fraction of sp³-hybridized carbons (Fsp3) is 0.348. The summed E-state index contributed by atoms with van der Waals surface area (Å²) in [7, 11) is 1.69. The van der Waals surface area contributed by atoms with Crippen LogP contribution in [0.4, 0.5) is 11.5 Å². The lowest BCUT2D eigenvalue weighted by Gasteiger charge is -2.22. The molecule has 0 spiro atoms. The molecular formula is C23H25Cl2N5O2. The fourth-order valence-electron chi connectivity index (χ4n) is 4.00. The van der Waals surface area contributed by atoms with Crippen molar-refractivity contribution in [1.29, 1.82) is 0 Å². The number of nitrogens with zero attached hydrogens (tertiary/aromatic N) is 4. The lowest BCUT2D eigenvalue weighted by Crippen LogP contribution is -2.38. The molecule has 0 aliphatic carbocycles. The smallest absolute Gasteiger partial charge is 0.277 e. The van der Waals surface area contributed by atoms with Gasteiger partial charge in [-0.25, -0.2) is 9.97 Å². The molecule has 1 aliphatic rings. The van der Waals surface area contributed by atoms with Gasteiger partial charge in [0.1, 0.15) is 17.3 Å². The molecule has 4 rings (SSSR count). The van der Waals surface area contributed by atoms with Crippen molar-refractivity contribution in [3.8, 4) is 11.4 Å². The first-order valence-electron chi connectivity index (χ1n) is 10.5. The minimum absolute atomic E-state index is 0.0866. The molecule has 1 aliphatic heterocycles. The summed E-state index contributed by atoms with van der Waals surface area (Å²) in [5, 5.41) is 4.38. The summed E-state index contributed by atoms with van der Waals surface area (Å²) in [5.41, 5.74) is 1.53. The van der Waals surface area contributed by atoms with E-state index in [9.17, 15) is 4.79 Å². The Morgan fingerprint density at radius 1 is 1.22 bits per heavy atom. The Balaban J connectivity index is 1.65. The second-order valence-electron chi connectivity index (χ2n) is 7.72. The van der Waals surface area contributed by atoms with E-state index in [0.29, 0.717) is 52.5 Å². The van der Waals surface area contributed by atoms with Crippen molar-refractivity contribution in [2.75, 3.05) is 29.9 Å². The molecule has 0 radical (unpaired) electrons. The highest BCUT2D eigenvalue weighted by atomic mass is 35.5. The van der Waals surface area contributed by atoms with Gasteiger partial charge >= 0.3 is 0 Å². The second kappa shape index (κ2) is 9.48. The minimum Gasteiger partial charge on any atom is -0.374 e. The van der Waals surface area contributed by atoms with Gasteiger partial charge in [0.15, 0.2) is 0 Å². The zero-order valence-electron chi connectivity index (χ0n) is 18.2. The van der Waals surface area contributed by atoms with Crippen molar-refractivity contribution >= 4 is 34.7 Å². The highest BCUT2D eigenvalue weighted by molar-refractivity contribution is 6.36. The lowest BCUT2D eigenvalue weighted by atomic mass is 10.1. The summed E-state index contributed by atoms with van der Waals surface area (Å²) in [5.74, 6) is 1.37. The van der Waals surface area contributed by atoms with Gasteiger partial charge in [0.2, 0.25) is 0 Å². The number of nitrogens with one attached hydrogen (secondary N) is 1. The molecule has 0 bridgehead atoms. The van der Waals surface area contributed by atoms with Crippen LogP contribution in [0.2, 0.25) is 10.0 Å². The number of benzene rings is 1. The SMILES string of the molecule is CCO[C@H]1CN(c2ccccn2)CC1Nc1c(C)nc(-c2ccc(Cl)cc2Cl)n(C)c1=O. The summed E-state index contributed by atoms with van der Waals surface area (Å²) in [6, 6.07) is 10.9. The molecule has 2 aromatic heterocycles. The van der Waals surface area contributed by atoms with Crippen molar-refractivity contribution in [2.24, 2.45) is 7.05 Å².